The highest BCUT2D eigenvalue weighted by Crippen LogP contribution is 2.29. The maximum Gasteiger partial charge on any atom is 0.453 e. The standard InChI is InChI=1S/C12H11F3N6O3S/c1-6-2-3-7(4-8(6)21(23)24)17-9(22)5-25-11-19-18-10(20(11)16)12(13,14)15/h2-4H,5,16H2,1H3,(H,17,22). The van der Waals surface area contributed by atoms with Crippen LogP contribution in [-0.2, 0) is 11.0 Å². The van der Waals surface area contributed by atoms with Gasteiger partial charge in [0.2, 0.25) is 11.1 Å². The minimum Gasteiger partial charge on any atom is -0.335 e. The van der Waals surface area contributed by atoms with E-state index in [0.29, 0.717) is 17.3 Å². The van der Waals surface area contributed by atoms with E-state index >= 15 is 0 Å². The Bertz CT molecular complexity index is 823. The van der Waals surface area contributed by atoms with Crippen molar-refractivity contribution in [2.75, 3.05) is 16.9 Å². The molecule has 1 amide bonds. The van der Waals surface area contributed by atoms with Crippen LogP contribution in [0.15, 0.2) is 23.4 Å². The molecule has 2 rings (SSSR count). The summed E-state index contributed by atoms with van der Waals surface area (Å²) in [6.07, 6.45) is -4.76. The average molecular weight is 376 g/mol. The van der Waals surface area contributed by atoms with Gasteiger partial charge in [-0.15, -0.1) is 10.2 Å². The number of nitro benzene ring substituents is 1. The summed E-state index contributed by atoms with van der Waals surface area (Å²) in [5.41, 5.74) is 0.448. The number of rotatable bonds is 5. The molecule has 0 aliphatic carbocycles. The predicted octanol–water partition coefficient (Wildman–Crippen LogP) is 1.96. The topological polar surface area (TPSA) is 129 Å². The van der Waals surface area contributed by atoms with E-state index in [9.17, 15) is 28.1 Å². The number of aryl methyl sites for hydroxylation is 1. The van der Waals surface area contributed by atoms with E-state index in [0.717, 1.165) is 0 Å². The maximum atomic E-state index is 12.5. The van der Waals surface area contributed by atoms with E-state index in [1.165, 1.54) is 18.2 Å². The Morgan fingerprint density at radius 3 is 2.68 bits per heavy atom. The largest absolute Gasteiger partial charge is 0.453 e. The summed E-state index contributed by atoms with van der Waals surface area (Å²) >= 11 is 0.643. The Morgan fingerprint density at radius 1 is 1.44 bits per heavy atom. The molecule has 0 fully saturated rings. The van der Waals surface area contributed by atoms with Crippen LogP contribution in [0.5, 0.6) is 0 Å². The number of carbonyl (C=O) groups is 1. The van der Waals surface area contributed by atoms with Gasteiger partial charge in [0, 0.05) is 17.3 Å². The molecule has 0 atom stereocenters. The second-order valence-electron chi connectivity index (χ2n) is 4.77. The highest BCUT2D eigenvalue weighted by molar-refractivity contribution is 7.99. The third-order valence-electron chi connectivity index (χ3n) is 2.94. The molecule has 0 radical (unpaired) electrons. The first-order valence-electron chi connectivity index (χ1n) is 6.55. The number of alkyl halides is 3. The van der Waals surface area contributed by atoms with Crippen LogP contribution < -0.4 is 11.2 Å². The van der Waals surface area contributed by atoms with Gasteiger partial charge >= 0.3 is 6.18 Å². The minimum absolute atomic E-state index is 0.165. The number of hydrogen-bond acceptors (Lipinski definition) is 7. The SMILES string of the molecule is Cc1ccc(NC(=O)CSc2nnc(C(F)(F)F)n2N)cc1[N+](=O)[O-]. The summed E-state index contributed by atoms with van der Waals surface area (Å²) in [7, 11) is 0. The van der Waals surface area contributed by atoms with Gasteiger partial charge in [0.25, 0.3) is 11.5 Å². The molecule has 0 saturated heterocycles. The summed E-state index contributed by atoms with van der Waals surface area (Å²) in [4.78, 5) is 22.1. The van der Waals surface area contributed by atoms with Crippen molar-refractivity contribution >= 4 is 29.0 Å². The molecule has 0 spiro atoms. The summed E-state index contributed by atoms with van der Waals surface area (Å²) in [6, 6.07) is 4.12. The highest BCUT2D eigenvalue weighted by atomic mass is 32.2. The van der Waals surface area contributed by atoms with Crippen molar-refractivity contribution in [3.8, 4) is 0 Å². The van der Waals surface area contributed by atoms with Gasteiger partial charge in [0.15, 0.2) is 0 Å². The molecule has 0 saturated carbocycles. The number of hydrogen-bond donors (Lipinski definition) is 2. The molecule has 0 unspecified atom stereocenters. The van der Waals surface area contributed by atoms with Gasteiger partial charge in [-0.3, -0.25) is 14.9 Å². The average Bonchev–Trinajstić information content (AvgIpc) is 2.88. The van der Waals surface area contributed by atoms with E-state index in [2.05, 4.69) is 15.5 Å². The van der Waals surface area contributed by atoms with Crippen LogP contribution in [0.2, 0.25) is 0 Å². The van der Waals surface area contributed by atoms with Crippen LogP contribution in [-0.4, -0.2) is 31.5 Å². The Morgan fingerprint density at radius 2 is 2.12 bits per heavy atom. The molecule has 1 aromatic carbocycles. The number of amides is 1. The van der Waals surface area contributed by atoms with E-state index < -0.39 is 22.8 Å². The summed E-state index contributed by atoms with van der Waals surface area (Å²) in [5.74, 6) is 2.95. The molecule has 3 N–H and O–H groups in total. The maximum absolute atomic E-state index is 12.5. The monoisotopic (exact) mass is 376 g/mol. The number of halogens is 3. The van der Waals surface area contributed by atoms with E-state index in [1.807, 2.05) is 0 Å². The Kier molecular flexibility index (Phi) is 5.15. The predicted molar refractivity (Wildman–Crippen MR) is 82.4 cm³/mol. The molecule has 1 aromatic heterocycles. The number of nitrogens with zero attached hydrogens (tertiary/aromatic N) is 4. The first-order valence-corrected chi connectivity index (χ1v) is 7.53. The van der Waals surface area contributed by atoms with Crippen molar-refractivity contribution in [2.24, 2.45) is 0 Å². The van der Waals surface area contributed by atoms with Crippen molar-refractivity contribution in [3.63, 3.8) is 0 Å². The highest BCUT2D eigenvalue weighted by Gasteiger charge is 2.38. The second kappa shape index (κ2) is 6.96. The lowest BCUT2D eigenvalue weighted by Crippen LogP contribution is -2.22. The zero-order chi connectivity index (χ0) is 18.8. The fourth-order valence-electron chi connectivity index (χ4n) is 1.78. The van der Waals surface area contributed by atoms with E-state index in [4.69, 9.17) is 5.84 Å². The molecule has 0 aliphatic rings. The molecule has 9 nitrogen and oxygen atoms in total. The summed E-state index contributed by atoms with van der Waals surface area (Å²) in [5, 5.41) is 19.2. The summed E-state index contributed by atoms with van der Waals surface area (Å²) in [6.45, 7) is 1.55. The molecule has 1 heterocycles. The molecular weight excluding hydrogens is 365 g/mol. The smallest absolute Gasteiger partial charge is 0.335 e. The lowest BCUT2D eigenvalue weighted by molar-refractivity contribution is -0.385. The fourth-order valence-corrected chi connectivity index (χ4v) is 2.44. The zero-order valence-corrected chi connectivity index (χ0v) is 13.4. The Hall–Kier alpha value is -2.83. The van der Waals surface area contributed by atoms with Crippen molar-refractivity contribution in [2.45, 2.75) is 18.3 Å². The molecule has 134 valence electrons. The van der Waals surface area contributed by atoms with Gasteiger partial charge in [0.1, 0.15) is 0 Å². The molecule has 0 aliphatic heterocycles. The van der Waals surface area contributed by atoms with Gasteiger partial charge in [-0.05, 0) is 13.0 Å². The van der Waals surface area contributed by atoms with Crippen LogP contribution in [0.4, 0.5) is 24.5 Å². The second-order valence-corrected chi connectivity index (χ2v) is 5.71. The van der Waals surface area contributed by atoms with Crippen LogP contribution in [0, 0.1) is 17.0 Å². The van der Waals surface area contributed by atoms with Crippen LogP contribution >= 0.6 is 11.8 Å². The third kappa shape index (κ3) is 4.37. The number of carbonyl (C=O) groups excluding carboxylic acids is 1. The van der Waals surface area contributed by atoms with Crippen molar-refractivity contribution in [1.29, 1.82) is 0 Å². The van der Waals surface area contributed by atoms with E-state index in [1.54, 1.807) is 6.92 Å². The van der Waals surface area contributed by atoms with Gasteiger partial charge in [0.05, 0.1) is 10.7 Å². The number of aromatic nitrogens is 3. The zero-order valence-electron chi connectivity index (χ0n) is 12.6. The number of nitrogens with two attached hydrogens (primary N) is 1. The van der Waals surface area contributed by atoms with E-state index in [-0.39, 0.29) is 27.0 Å². The third-order valence-corrected chi connectivity index (χ3v) is 3.88. The van der Waals surface area contributed by atoms with Crippen LogP contribution in [0.3, 0.4) is 0 Å². The number of nitro groups is 1. The summed E-state index contributed by atoms with van der Waals surface area (Å²) < 4.78 is 37.9. The van der Waals surface area contributed by atoms with Crippen LogP contribution in [0.25, 0.3) is 0 Å². The lowest BCUT2D eigenvalue weighted by Gasteiger charge is -2.07. The van der Waals surface area contributed by atoms with Crippen molar-refractivity contribution in [3.05, 3.63) is 39.7 Å². The number of benzene rings is 1. The van der Waals surface area contributed by atoms with Gasteiger partial charge in [-0.1, -0.05) is 17.8 Å². The number of anilines is 1. The van der Waals surface area contributed by atoms with Crippen LogP contribution in [0.1, 0.15) is 11.4 Å². The molecule has 25 heavy (non-hydrogen) atoms. The quantitative estimate of drug-likeness (QED) is 0.353. The van der Waals surface area contributed by atoms with Gasteiger partial charge in [-0.25, -0.2) is 4.68 Å². The minimum atomic E-state index is -4.76. The van der Waals surface area contributed by atoms with Crippen molar-refractivity contribution in [1.82, 2.24) is 14.9 Å². The van der Waals surface area contributed by atoms with Crippen molar-refractivity contribution < 1.29 is 22.9 Å². The Balaban J connectivity index is 2.01. The molecular formula is C12H11F3N6O3S. The van der Waals surface area contributed by atoms with Gasteiger partial charge in [-0.2, -0.15) is 13.2 Å². The number of thioether (sulfide) groups is 1. The fraction of sp³-hybridized carbons (Fsp3) is 0.250. The molecule has 2 aromatic rings. The Labute approximate surface area is 142 Å². The molecule has 0 bridgehead atoms. The lowest BCUT2D eigenvalue weighted by atomic mass is 10.2. The first kappa shape index (κ1) is 18.5. The first-order chi connectivity index (χ1) is 11.6. The normalized spacial score (nSPS) is 11.4. The number of nitrogens with one attached hydrogen (secondary N) is 1. The number of nitrogen functional groups attached to an aromatic ring is 1. The van der Waals surface area contributed by atoms with Gasteiger partial charge < -0.3 is 11.2 Å². The molecule has 13 heteroatoms.